The summed E-state index contributed by atoms with van der Waals surface area (Å²) in [4.78, 5) is 35.9. The van der Waals surface area contributed by atoms with Gasteiger partial charge in [-0.3, -0.25) is 4.79 Å². The van der Waals surface area contributed by atoms with Crippen molar-refractivity contribution in [3.63, 3.8) is 0 Å². The Kier molecular flexibility index (Phi) is 7.57. The van der Waals surface area contributed by atoms with E-state index in [9.17, 15) is 27.2 Å². The van der Waals surface area contributed by atoms with Gasteiger partial charge in [0.1, 0.15) is 40.2 Å². The Morgan fingerprint density at radius 2 is 1.84 bits per heavy atom. The van der Waals surface area contributed by atoms with Crippen LogP contribution in [0.2, 0.25) is 0 Å². The monoisotopic (exact) mass is 540 g/mol. The highest BCUT2D eigenvalue weighted by Gasteiger charge is 2.59. The molecule has 0 bridgehead atoms. The number of aliphatic imine (C=N–C) groups is 1. The molecule has 2 aromatic rings. The van der Waals surface area contributed by atoms with Crippen molar-refractivity contribution in [3.8, 4) is 6.07 Å². The molecule has 0 aliphatic carbocycles. The van der Waals surface area contributed by atoms with E-state index in [2.05, 4.69) is 25.0 Å². The first-order valence-corrected chi connectivity index (χ1v) is 10.9. The number of hydrogen-bond donors (Lipinski definition) is 2. The van der Waals surface area contributed by atoms with E-state index in [4.69, 9.17) is 10.00 Å². The third-order valence-corrected chi connectivity index (χ3v) is 5.00. The molecular formula is C23H21F5N6O4. The number of ether oxygens (including phenoxy) is 2. The summed E-state index contributed by atoms with van der Waals surface area (Å²) in [6.45, 7) is 5.30. The number of nitrogens with one attached hydrogen (secondary N) is 2. The smallest absolute Gasteiger partial charge is 0.428 e. The van der Waals surface area contributed by atoms with Crippen LogP contribution in [0.1, 0.15) is 49.4 Å². The number of nitriles is 1. The van der Waals surface area contributed by atoms with Gasteiger partial charge < -0.3 is 14.8 Å². The number of rotatable bonds is 3. The van der Waals surface area contributed by atoms with Gasteiger partial charge in [0.25, 0.3) is 11.9 Å². The lowest BCUT2D eigenvalue weighted by Gasteiger charge is -2.39. The van der Waals surface area contributed by atoms with E-state index in [0.717, 1.165) is 25.3 Å². The number of amides is 2. The van der Waals surface area contributed by atoms with Crippen molar-refractivity contribution in [2.24, 2.45) is 4.99 Å². The van der Waals surface area contributed by atoms with Gasteiger partial charge in [-0.15, -0.1) is 0 Å². The minimum Gasteiger partial charge on any atom is -0.449 e. The third kappa shape index (κ3) is 6.31. The van der Waals surface area contributed by atoms with E-state index >= 15 is 4.39 Å². The zero-order chi connectivity index (χ0) is 28.5. The van der Waals surface area contributed by atoms with Crippen molar-refractivity contribution >= 4 is 23.8 Å². The molecule has 3 heterocycles. The Morgan fingerprint density at radius 3 is 2.39 bits per heavy atom. The number of hydrogen-bond acceptors (Lipinski definition) is 8. The Hall–Kier alpha value is -4.35. The highest BCUT2D eigenvalue weighted by Crippen LogP contribution is 2.42. The van der Waals surface area contributed by atoms with Crippen LogP contribution in [-0.2, 0) is 15.0 Å². The molecule has 0 unspecified atom stereocenters. The van der Waals surface area contributed by atoms with Crippen LogP contribution in [0.5, 0.6) is 0 Å². The average Bonchev–Trinajstić information content (AvgIpc) is 2.80. The molecule has 202 valence electrons. The lowest BCUT2D eigenvalue weighted by atomic mass is 9.87. The van der Waals surface area contributed by atoms with Gasteiger partial charge >= 0.3 is 12.3 Å². The topological polar surface area (TPSA) is 139 Å². The van der Waals surface area contributed by atoms with Gasteiger partial charge in [-0.05, 0) is 52.0 Å². The Morgan fingerprint density at radius 1 is 1.16 bits per heavy atom. The zero-order valence-corrected chi connectivity index (χ0v) is 20.4. The molecule has 0 spiro atoms. The predicted octanol–water partition coefficient (Wildman–Crippen LogP) is 4.13. The van der Waals surface area contributed by atoms with Crippen molar-refractivity contribution < 1.29 is 41.0 Å². The van der Waals surface area contributed by atoms with E-state index in [-0.39, 0.29) is 17.1 Å². The first kappa shape index (κ1) is 28.2. The van der Waals surface area contributed by atoms with Gasteiger partial charge in [-0.25, -0.2) is 33.9 Å². The van der Waals surface area contributed by atoms with Crippen LogP contribution < -0.4 is 10.6 Å². The number of carbonyl (C=O) groups is 2. The van der Waals surface area contributed by atoms with Crippen LogP contribution in [-0.4, -0.2) is 52.0 Å². The number of carbonyl (C=O) groups excluding carboxylic acids is 2. The number of alkyl halides is 4. The fourth-order valence-corrected chi connectivity index (χ4v) is 3.28. The second kappa shape index (κ2) is 10.2. The van der Waals surface area contributed by atoms with E-state index in [1.165, 1.54) is 32.9 Å². The summed E-state index contributed by atoms with van der Waals surface area (Å²) in [5.41, 5.74) is -4.59. The molecule has 2 aromatic heterocycles. The molecule has 2 amide bonds. The minimum absolute atomic E-state index is 0.156. The van der Waals surface area contributed by atoms with Crippen LogP contribution in [0.4, 0.5) is 32.6 Å². The van der Waals surface area contributed by atoms with Gasteiger partial charge in [-0.2, -0.15) is 18.4 Å². The Balaban J connectivity index is 2.00. The van der Waals surface area contributed by atoms with E-state index in [0.29, 0.717) is 0 Å². The number of halogens is 5. The second-order valence-corrected chi connectivity index (χ2v) is 9.20. The molecule has 0 aromatic carbocycles. The fourth-order valence-electron chi connectivity index (χ4n) is 3.28. The summed E-state index contributed by atoms with van der Waals surface area (Å²) in [5, 5.41) is 13.0. The van der Waals surface area contributed by atoms with Crippen molar-refractivity contribution in [1.29, 1.82) is 5.26 Å². The van der Waals surface area contributed by atoms with Crippen molar-refractivity contribution in [2.75, 3.05) is 5.32 Å². The number of alkyl carbamates (subject to hydrolysis) is 1. The lowest BCUT2D eigenvalue weighted by molar-refractivity contribution is -0.228. The van der Waals surface area contributed by atoms with E-state index in [1.807, 2.05) is 11.4 Å². The van der Waals surface area contributed by atoms with Crippen LogP contribution in [0.15, 0.2) is 35.5 Å². The third-order valence-electron chi connectivity index (χ3n) is 5.00. The van der Waals surface area contributed by atoms with Gasteiger partial charge in [0.05, 0.1) is 5.56 Å². The SMILES string of the molecule is CC(C)(C)OC(=O)NC1=N[C@](C)(c2nc(NC(=O)c3ccc(C#N)cn3)ccc2F)[C@@H](F)[C@H](C(F)(F)F)O1. The average molecular weight is 540 g/mol. The molecule has 1 aliphatic rings. The van der Waals surface area contributed by atoms with E-state index < -0.39 is 59.1 Å². The number of amidine groups is 1. The number of anilines is 1. The lowest BCUT2D eigenvalue weighted by Crippen LogP contribution is -2.57. The summed E-state index contributed by atoms with van der Waals surface area (Å²) in [6, 6.07) is 5.02. The van der Waals surface area contributed by atoms with Crippen LogP contribution in [0.3, 0.4) is 0 Å². The van der Waals surface area contributed by atoms with Crippen LogP contribution in [0.25, 0.3) is 0 Å². The predicted molar refractivity (Wildman–Crippen MR) is 121 cm³/mol. The molecule has 0 saturated heterocycles. The maximum Gasteiger partial charge on any atom is 0.428 e. The van der Waals surface area contributed by atoms with Gasteiger partial charge in [0.2, 0.25) is 6.10 Å². The number of aromatic nitrogens is 2. The molecule has 2 N–H and O–H groups in total. The molecule has 0 saturated carbocycles. The molecule has 38 heavy (non-hydrogen) atoms. The molecule has 0 radical (unpaired) electrons. The number of nitrogens with zero attached hydrogens (tertiary/aromatic N) is 4. The Labute approximate surface area is 212 Å². The first-order valence-electron chi connectivity index (χ1n) is 10.9. The molecule has 1 aliphatic heterocycles. The largest absolute Gasteiger partial charge is 0.449 e. The summed E-state index contributed by atoms with van der Waals surface area (Å²) < 4.78 is 80.7. The summed E-state index contributed by atoms with van der Waals surface area (Å²) in [7, 11) is 0. The van der Waals surface area contributed by atoms with Crippen molar-refractivity contribution in [3.05, 3.63) is 53.2 Å². The fraction of sp³-hybridized carbons (Fsp3) is 0.391. The number of pyridine rings is 2. The summed E-state index contributed by atoms with van der Waals surface area (Å²) in [5.74, 6) is -2.46. The van der Waals surface area contributed by atoms with Gasteiger partial charge in [-0.1, -0.05) is 0 Å². The maximum absolute atomic E-state index is 15.3. The molecule has 3 rings (SSSR count). The standard InChI is InChI=1S/C23H21F5N6O4/c1-21(2,3)38-20(36)33-19-34-22(4,15(25)17(37-19)23(26,27)28)16-12(24)6-8-14(31-16)32-18(35)13-7-5-11(9-29)10-30-13/h5-8,10,15,17H,1-4H3,(H,31,32,35)(H,33,34,36)/t15-,17+,22-/m0/s1. The van der Waals surface area contributed by atoms with Crippen LogP contribution >= 0.6 is 0 Å². The zero-order valence-electron chi connectivity index (χ0n) is 20.4. The molecule has 10 nitrogen and oxygen atoms in total. The van der Waals surface area contributed by atoms with Crippen molar-refractivity contribution in [2.45, 2.75) is 57.3 Å². The minimum atomic E-state index is -5.29. The van der Waals surface area contributed by atoms with Crippen molar-refractivity contribution in [1.82, 2.24) is 15.3 Å². The van der Waals surface area contributed by atoms with E-state index in [1.54, 1.807) is 0 Å². The molecule has 15 heteroatoms. The summed E-state index contributed by atoms with van der Waals surface area (Å²) >= 11 is 0. The highest BCUT2D eigenvalue weighted by molar-refractivity contribution is 6.02. The summed E-state index contributed by atoms with van der Waals surface area (Å²) in [6.07, 6.45) is -11.6. The first-order chi connectivity index (χ1) is 17.5. The quantitative estimate of drug-likeness (QED) is 0.558. The Bertz CT molecular complexity index is 1300. The highest BCUT2D eigenvalue weighted by atomic mass is 19.4. The van der Waals surface area contributed by atoms with Gasteiger partial charge in [0, 0.05) is 6.20 Å². The molecule has 0 fully saturated rings. The molecule has 3 atom stereocenters. The van der Waals surface area contributed by atoms with Crippen LogP contribution in [0, 0.1) is 17.1 Å². The van der Waals surface area contributed by atoms with Gasteiger partial charge in [0.15, 0.2) is 6.17 Å². The normalized spacial score (nSPS) is 21.4. The molecular weight excluding hydrogens is 519 g/mol. The second-order valence-electron chi connectivity index (χ2n) is 9.20. The maximum atomic E-state index is 15.3.